The number of carbonyl (C=O) groups excluding carboxylic acids is 1. The zero-order valence-corrected chi connectivity index (χ0v) is 20.3. The third kappa shape index (κ3) is 7.46. The highest BCUT2D eigenvalue weighted by Gasteiger charge is 2.15. The molecule has 1 aromatic heterocycles. The van der Waals surface area contributed by atoms with Crippen molar-refractivity contribution in [2.24, 2.45) is 4.99 Å². The molecule has 0 saturated heterocycles. The van der Waals surface area contributed by atoms with Crippen molar-refractivity contribution in [1.29, 1.82) is 0 Å². The summed E-state index contributed by atoms with van der Waals surface area (Å²) in [5.74, 6) is 1.50. The van der Waals surface area contributed by atoms with Crippen LogP contribution in [0.15, 0.2) is 33.8 Å². The Morgan fingerprint density at radius 3 is 2.62 bits per heavy atom. The van der Waals surface area contributed by atoms with Crippen molar-refractivity contribution < 1.29 is 9.32 Å². The molecule has 0 aliphatic carbocycles. The summed E-state index contributed by atoms with van der Waals surface area (Å²) in [5, 5.41) is 7.77. The van der Waals surface area contributed by atoms with Gasteiger partial charge < -0.3 is 19.6 Å². The SMILES string of the molecule is CCNC(=NCc1nc(-c2cccc(Cl)c2)no1)N(C)CC(=O)N(CC)CC.I. The summed E-state index contributed by atoms with van der Waals surface area (Å²) in [4.78, 5) is 24.8. The molecule has 1 aromatic carbocycles. The van der Waals surface area contributed by atoms with Crippen LogP contribution in [0.5, 0.6) is 0 Å². The van der Waals surface area contributed by atoms with E-state index in [4.69, 9.17) is 16.1 Å². The molecule has 1 amide bonds. The second-order valence-electron chi connectivity index (χ2n) is 6.11. The Kier molecular flexibility index (Phi) is 11.0. The number of guanidine groups is 1. The zero-order chi connectivity index (χ0) is 20.5. The van der Waals surface area contributed by atoms with Gasteiger partial charge in [0.15, 0.2) is 5.96 Å². The predicted molar refractivity (Wildman–Crippen MR) is 126 cm³/mol. The maximum Gasteiger partial charge on any atom is 0.248 e. The number of aliphatic imine (C=N–C) groups is 1. The van der Waals surface area contributed by atoms with E-state index < -0.39 is 0 Å². The molecule has 8 nitrogen and oxygen atoms in total. The molecule has 0 aliphatic rings. The second-order valence-corrected chi connectivity index (χ2v) is 6.55. The van der Waals surface area contributed by atoms with Gasteiger partial charge in [0.1, 0.15) is 6.54 Å². The molecule has 160 valence electrons. The van der Waals surface area contributed by atoms with Crippen LogP contribution in [0.3, 0.4) is 0 Å². The molecule has 0 radical (unpaired) electrons. The molecule has 0 spiro atoms. The van der Waals surface area contributed by atoms with E-state index >= 15 is 0 Å². The van der Waals surface area contributed by atoms with Gasteiger partial charge in [-0.2, -0.15) is 4.98 Å². The second kappa shape index (κ2) is 12.6. The van der Waals surface area contributed by atoms with Crippen molar-refractivity contribution in [1.82, 2.24) is 25.3 Å². The molecule has 0 aliphatic heterocycles. The third-order valence-corrected chi connectivity index (χ3v) is 4.34. The Bertz CT molecular complexity index is 810. The summed E-state index contributed by atoms with van der Waals surface area (Å²) < 4.78 is 5.29. The van der Waals surface area contributed by atoms with E-state index in [9.17, 15) is 4.79 Å². The lowest BCUT2D eigenvalue weighted by Crippen LogP contribution is -2.45. The standard InChI is InChI=1S/C19H27ClN6O2.HI/c1-5-21-19(25(4)13-17(27)26(6-2)7-3)22-12-16-23-18(24-28-16)14-9-8-10-15(20)11-14;/h8-11H,5-7,12-13H2,1-4H3,(H,21,22);1H. The molecule has 2 aromatic rings. The molecular weight excluding hydrogens is 507 g/mol. The van der Waals surface area contributed by atoms with Gasteiger partial charge in [0.05, 0.1) is 6.54 Å². The van der Waals surface area contributed by atoms with E-state index in [1.54, 1.807) is 21.9 Å². The first kappa shape index (κ1) is 25.2. The fraction of sp³-hybridized carbons (Fsp3) is 0.474. The van der Waals surface area contributed by atoms with Crippen molar-refractivity contribution in [3.05, 3.63) is 35.2 Å². The topological polar surface area (TPSA) is 86.9 Å². The number of benzene rings is 1. The van der Waals surface area contributed by atoms with Gasteiger partial charge in [-0.15, -0.1) is 24.0 Å². The number of likely N-dealkylation sites (N-methyl/N-ethyl adjacent to an activating group) is 2. The van der Waals surface area contributed by atoms with E-state index in [0.717, 1.165) is 5.56 Å². The molecule has 29 heavy (non-hydrogen) atoms. The number of hydrogen-bond donors (Lipinski definition) is 1. The Morgan fingerprint density at radius 1 is 1.28 bits per heavy atom. The molecule has 2 rings (SSSR count). The first-order valence-electron chi connectivity index (χ1n) is 9.34. The summed E-state index contributed by atoms with van der Waals surface area (Å²) in [6, 6.07) is 7.25. The number of amides is 1. The molecule has 0 bridgehead atoms. The molecule has 0 saturated carbocycles. The van der Waals surface area contributed by atoms with Crippen LogP contribution in [-0.2, 0) is 11.3 Å². The van der Waals surface area contributed by atoms with Crippen molar-refractivity contribution in [3.8, 4) is 11.4 Å². The summed E-state index contributed by atoms with van der Waals surface area (Å²) >= 11 is 6.01. The van der Waals surface area contributed by atoms with Gasteiger partial charge in [0.2, 0.25) is 17.6 Å². The Labute approximate surface area is 193 Å². The number of nitrogens with one attached hydrogen (secondary N) is 1. The summed E-state index contributed by atoms with van der Waals surface area (Å²) in [7, 11) is 1.83. The quantitative estimate of drug-likeness (QED) is 0.318. The smallest absolute Gasteiger partial charge is 0.248 e. The Morgan fingerprint density at radius 2 is 2.00 bits per heavy atom. The van der Waals surface area contributed by atoms with Crippen molar-refractivity contribution in [2.75, 3.05) is 33.2 Å². The van der Waals surface area contributed by atoms with Crippen molar-refractivity contribution in [2.45, 2.75) is 27.3 Å². The lowest BCUT2D eigenvalue weighted by Gasteiger charge is -2.25. The molecule has 10 heteroatoms. The average Bonchev–Trinajstić information content (AvgIpc) is 3.15. The van der Waals surface area contributed by atoms with E-state index in [-0.39, 0.29) is 43.0 Å². The number of halogens is 2. The summed E-state index contributed by atoms with van der Waals surface area (Å²) in [6.45, 7) is 8.41. The molecule has 0 fully saturated rings. The van der Waals surface area contributed by atoms with Crippen molar-refractivity contribution in [3.63, 3.8) is 0 Å². The van der Waals surface area contributed by atoms with Crippen LogP contribution in [0.25, 0.3) is 11.4 Å². The number of rotatable bonds is 8. The van der Waals surface area contributed by atoms with Crippen LogP contribution in [0.1, 0.15) is 26.7 Å². The minimum Gasteiger partial charge on any atom is -0.356 e. The number of hydrogen-bond acceptors (Lipinski definition) is 5. The van der Waals surface area contributed by atoms with Crippen LogP contribution in [0.2, 0.25) is 5.02 Å². The van der Waals surface area contributed by atoms with E-state index in [1.165, 1.54) is 0 Å². The maximum absolute atomic E-state index is 12.3. The van der Waals surface area contributed by atoms with Crippen LogP contribution in [-0.4, -0.2) is 65.0 Å². The molecule has 1 heterocycles. The summed E-state index contributed by atoms with van der Waals surface area (Å²) in [5.41, 5.74) is 0.778. The first-order chi connectivity index (χ1) is 13.5. The van der Waals surface area contributed by atoms with Gasteiger partial charge in [0, 0.05) is 37.3 Å². The maximum atomic E-state index is 12.3. The third-order valence-electron chi connectivity index (χ3n) is 4.10. The molecule has 0 unspecified atom stereocenters. The monoisotopic (exact) mass is 534 g/mol. The minimum absolute atomic E-state index is 0. The highest BCUT2D eigenvalue weighted by Crippen LogP contribution is 2.20. The molecule has 0 atom stereocenters. The Hall–Kier alpha value is -1.88. The van der Waals surface area contributed by atoms with Crippen molar-refractivity contribution >= 4 is 47.4 Å². The largest absolute Gasteiger partial charge is 0.356 e. The van der Waals surface area contributed by atoms with E-state index in [0.29, 0.717) is 42.3 Å². The molecule has 1 N–H and O–H groups in total. The lowest BCUT2D eigenvalue weighted by atomic mass is 10.2. The fourth-order valence-corrected chi connectivity index (χ4v) is 2.82. The van der Waals surface area contributed by atoms with Gasteiger partial charge >= 0.3 is 0 Å². The van der Waals surface area contributed by atoms with E-state index in [2.05, 4.69) is 20.4 Å². The van der Waals surface area contributed by atoms with Crippen LogP contribution >= 0.6 is 35.6 Å². The summed E-state index contributed by atoms with van der Waals surface area (Å²) in [6.07, 6.45) is 0. The number of nitrogens with zero attached hydrogens (tertiary/aromatic N) is 5. The highest BCUT2D eigenvalue weighted by molar-refractivity contribution is 14.0. The van der Waals surface area contributed by atoms with Crippen LogP contribution in [0, 0.1) is 0 Å². The average molecular weight is 535 g/mol. The minimum atomic E-state index is 0. The van der Waals surface area contributed by atoms with Gasteiger partial charge in [-0.25, -0.2) is 4.99 Å². The van der Waals surface area contributed by atoms with E-state index in [1.807, 2.05) is 40.0 Å². The van der Waals surface area contributed by atoms with Crippen LogP contribution in [0.4, 0.5) is 0 Å². The van der Waals surface area contributed by atoms with Gasteiger partial charge in [-0.3, -0.25) is 4.79 Å². The molecular formula is C19H28ClIN6O2. The van der Waals surface area contributed by atoms with Gasteiger partial charge in [-0.1, -0.05) is 28.9 Å². The first-order valence-corrected chi connectivity index (χ1v) is 9.71. The van der Waals surface area contributed by atoms with Gasteiger partial charge in [-0.05, 0) is 32.9 Å². The Balaban J connectivity index is 0.00000420. The highest BCUT2D eigenvalue weighted by atomic mass is 127. The normalized spacial score (nSPS) is 11.0. The van der Waals surface area contributed by atoms with Crippen LogP contribution < -0.4 is 5.32 Å². The fourth-order valence-electron chi connectivity index (χ4n) is 2.63. The zero-order valence-electron chi connectivity index (χ0n) is 17.2. The number of aromatic nitrogens is 2. The van der Waals surface area contributed by atoms with Gasteiger partial charge in [0.25, 0.3) is 0 Å². The predicted octanol–water partition coefficient (Wildman–Crippen LogP) is 3.27. The number of carbonyl (C=O) groups is 1. The lowest BCUT2D eigenvalue weighted by molar-refractivity contribution is -0.131.